The van der Waals surface area contributed by atoms with E-state index in [1.54, 1.807) is 11.3 Å². The largest absolute Gasteiger partial charge is 0.356 e. The summed E-state index contributed by atoms with van der Waals surface area (Å²) in [7, 11) is 0. The van der Waals surface area contributed by atoms with E-state index in [9.17, 15) is 4.79 Å². The molecule has 0 bridgehead atoms. The van der Waals surface area contributed by atoms with Gasteiger partial charge in [0.25, 0.3) is 0 Å². The molecule has 31 heavy (non-hydrogen) atoms. The van der Waals surface area contributed by atoms with Gasteiger partial charge in [-0.25, -0.2) is 9.97 Å². The third kappa shape index (κ3) is 4.31. The van der Waals surface area contributed by atoms with Crippen molar-refractivity contribution in [3.05, 3.63) is 42.2 Å². The van der Waals surface area contributed by atoms with E-state index in [4.69, 9.17) is 9.97 Å². The molecule has 0 spiro atoms. The number of anilines is 1. The SMILES string of the molecule is Cc1nc(N2CCC(C(=O)N3CCCCCC3)CC2)c2cc(-c3ccccc3)sc2n1. The van der Waals surface area contributed by atoms with Gasteiger partial charge in [0.05, 0.1) is 5.39 Å². The minimum Gasteiger partial charge on any atom is -0.356 e. The summed E-state index contributed by atoms with van der Waals surface area (Å²) in [5.41, 5.74) is 1.22. The van der Waals surface area contributed by atoms with Crippen molar-refractivity contribution in [2.24, 2.45) is 5.92 Å². The molecule has 2 aliphatic rings. The maximum Gasteiger partial charge on any atom is 0.225 e. The Kier molecular flexibility index (Phi) is 5.90. The number of carbonyl (C=O) groups excluding carboxylic acids is 1. The van der Waals surface area contributed by atoms with Crippen LogP contribution in [0.1, 0.15) is 44.3 Å². The lowest BCUT2D eigenvalue weighted by molar-refractivity contribution is -0.136. The van der Waals surface area contributed by atoms with Crippen molar-refractivity contribution in [3.63, 3.8) is 0 Å². The number of amides is 1. The molecule has 0 radical (unpaired) electrons. The van der Waals surface area contributed by atoms with Crippen LogP contribution >= 0.6 is 11.3 Å². The summed E-state index contributed by atoms with van der Waals surface area (Å²) >= 11 is 1.73. The lowest BCUT2D eigenvalue weighted by Crippen LogP contribution is -2.43. The summed E-state index contributed by atoms with van der Waals surface area (Å²) in [6.07, 6.45) is 6.66. The molecule has 6 heteroatoms. The van der Waals surface area contributed by atoms with Crippen LogP contribution in [0.3, 0.4) is 0 Å². The van der Waals surface area contributed by atoms with E-state index >= 15 is 0 Å². The number of thiophene rings is 1. The highest BCUT2D eigenvalue weighted by atomic mass is 32.1. The van der Waals surface area contributed by atoms with Gasteiger partial charge in [-0.15, -0.1) is 11.3 Å². The monoisotopic (exact) mass is 434 g/mol. The molecule has 162 valence electrons. The molecule has 0 atom stereocenters. The molecule has 4 heterocycles. The van der Waals surface area contributed by atoms with Crippen molar-refractivity contribution in [2.45, 2.75) is 45.4 Å². The number of benzene rings is 1. The Balaban J connectivity index is 1.34. The Morgan fingerprint density at radius 1 is 0.968 bits per heavy atom. The molecule has 0 aliphatic carbocycles. The number of hydrogen-bond acceptors (Lipinski definition) is 5. The van der Waals surface area contributed by atoms with Gasteiger partial charge in [-0.05, 0) is 44.2 Å². The molecule has 2 aliphatic heterocycles. The number of fused-ring (bicyclic) bond motifs is 1. The Bertz CT molecular complexity index is 1050. The number of carbonyl (C=O) groups is 1. The number of piperidine rings is 1. The zero-order valence-electron chi connectivity index (χ0n) is 18.2. The van der Waals surface area contributed by atoms with Crippen molar-refractivity contribution in [2.75, 3.05) is 31.1 Å². The van der Waals surface area contributed by atoms with Crippen LogP contribution < -0.4 is 4.90 Å². The van der Waals surface area contributed by atoms with E-state index in [0.29, 0.717) is 5.91 Å². The van der Waals surface area contributed by atoms with Gasteiger partial charge >= 0.3 is 0 Å². The van der Waals surface area contributed by atoms with Crippen LogP contribution in [0, 0.1) is 12.8 Å². The first-order valence-electron chi connectivity index (χ1n) is 11.6. The van der Waals surface area contributed by atoms with Crippen LogP contribution in [0.4, 0.5) is 5.82 Å². The number of aryl methyl sites for hydroxylation is 1. The molecule has 5 nitrogen and oxygen atoms in total. The predicted molar refractivity (Wildman–Crippen MR) is 128 cm³/mol. The molecule has 3 aromatic rings. The standard InChI is InChI=1S/C25H30N4OS/c1-18-26-23(21-17-22(31-24(21)27-18)19-9-5-4-6-10-19)28-15-11-20(12-16-28)25(30)29-13-7-2-3-8-14-29/h4-6,9-10,17,20H,2-3,7-8,11-16H2,1H3. The quantitative estimate of drug-likeness (QED) is 0.562. The molecule has 5 rings (SSSR count). The van der Waals surface area contributed by atoms with Gasteiger partial charge in [-0.2, -0.15) is 0 Å². The number of likely N-dealkylation sites (tertiary alicyclic amines) is 1. The van der Waals surface area contributed by atoms with Gasteiger partial charge in [0.15, 0.2) is 0 Å². The van der Waals surface area contributed by atoms with E-state index in [2.05, 4.69) is 40.1 Å². The Labute approximate surface area is 188 Å². The van der Waals surface area contributed by atoms with Crippen molar-refractivity contribution in [3.8, 4) is 10.4 Å². The van der Waals surface area contributed by atoms with Crippen molar-refractivity contribution in [1.82, 2.24) is 14.9 Å². The molecule has 1 aromatic carbocycles. The van der Waals surface area contributed by atoms with Gasteiger partial charge in [0.2, 0.25) is 5.91 Å². The fraction of sp³-hybridized carbons (Fsp3) is 0.480. The lowest BCUT2D eigenvalue weighted by Gasteiger charge is -2.35. The van der Waals surface area contributed by atoms with Crippen LogP contribution in [-0.2, 0) is 4.79 Å². The van der Waals surface area contributed by atoms with Crippen molar-refractivity contribution >= 4 is 33.3 Å². The second kappa shape index (κ2) is 8.95. The zero-order chi connectivity index (χ0) is 21.2. The maximum atomic E-state index is 13.1. The molecule has 0 saturated carbocycles. The molecular weight excluding hydrogens is 404 g/mol. The fourth-order valence-corrected chi connectivity index (χ4v) is 5.96. The fourth-order valence-electron chi connectivity index (χ4n) is 4.88. The third-order valence-electron chi connectivity index (χ3n) is 6.60. The predicted octanol–water partition coefficient (Wildman–Crippen LogP) is 5.29. The average Bonchev–Trinajstić information content (AvgIpc) is 3.04. The molecule has 2 aromatic heterocycles. The average molecular weight is 435 g/mol. The molecule has 0 unspecified atom stereocenters. The van der Waals surface area contributed by atoms with E-state index in [-0.39, 0.29) is 5.92 Å². The van der Waals surface area contributed by atoms with E-state index in [1.807, 2.05) is 13.0 Å². The van der Waals surface area contributed by atoms with Gasteiger partial charge in [0.1, 0.15) is 16.5 Å². The molecule has 2 fully saturated rings. The number of aromatic nitrogens is 2. The summed E-state index contributed by atoms with van der Waals surface area (Å²) in [6.45, 7) is 5.63. The Morgan fingerprint density at radius 3 is 2.39 bits per heavy atom. The molecule has 1 amide bonds. The van der Waals surface area contributed by atoms with E-state index in [1.165, 1.54) is 23.3 Å². The number of nitrogens with zero attached hydrogens (tertiary/aromatic N) is 4. The minimum absolute atomic E-state index is 0.162. The van der Waals surface area contributed by atoms with Gasteiger partial charge < -0.3 is 9.80 Å². The highest BCUT2D eigenvalue weighted by molar-refractivity contribution is 7.21. The van der Waals surface area contributed by atoms with E-state index in [0.717, 1.165) is 73.7 Å². The highest BCUT2D eigenvalue weighted by Gasteiger charge is 2.30. The number of rotatable bonds is 3. The van der Waals surface area contributed by atoms with Gasteiger partial charge in [-0.1, -0.05) is 43.2 Å². The zero-order valence-corrected chi connectivity index (χ0v) is 19.0. The summed E-state index contributed by atoms with van der Waals surface area (Å²) in [5.74, 6) is 2.39. The molecular formula is C25H30N4OS. The molecule has 0 N–H and O–H groups in total. The summed E-state index contributed by atoms with van der Waals surface area (Å²) in [5, 5.41) is 1.13. The first kappa shape index (κ1) is 20.4. The minimum atomic E-state index is 0.162. The van der Waals surface area contributed by atoms with Gasteiger partial charge in [0, 0.05) is 37.0 Å². The van der Waals surface area contributed by atoms with Crippen molar-refractivity contribution < 1.29 is 4.79 Å². The second-order valence-electron chi connectivity index (χ2n) is 8.79. The van der Waals surface area contributed by atoms with E-state index < -0.39 is 0 Å². The Morgan fingerprint density at radius 2 is 1.68 bits per heavy atom. The highest BCUT2D eigenvalue weighted by Crippen LogP contribution is 2.37. The van der Waals surface area contributed by atoms with Crippen LogP contribution in [0.15, 0.2) is 36.4 Å². The summed E-state index contributed by atoms with van der Waals surface area (Å²) in [4.78, 5) is 29.4. The summed E-state index contributed by atoms with van der Waals surface area (Å²) in [6, 6.07) is 12.7. The topological polar surface area (TPSA) is 49.3 Å². The Hall–Kier alpha value is -2.47. The second-order valence-corrected chi connectivity index (χ2v) is 9.82. The van der Waals surface area contributed by atoms with Gasteiger partial charge in [-0.3, -0.25) is 4.79 Å². The summed E-state index contributed by atoms with van der Waals surface area (Å²) < 4.78 is 0. The first-order chi connectivity index (χ1) is 15.2. The third-order valence-corrected chi connectivity index (χ3v) is 7.68. The molecule has 2 saturated heterocycles. The van der Waals surface area contributed by atoms with Crippen LogP contribution in [0.5, 0.6) is 0 Å². The van der Waals surface area contributed by atoms with Crippen LogP contribution in [-0.4, -0.2) is 47.0 Å². The maximum absolute atomic E-state index is 13.1. The van der Waals surface area contributed by atoms with Crippen LogP contribution in [0.25, 0.3) is 20.7 Å². The normalized spacial score (nSPS) is 18.4. The first-order valence-corrected chi connectivity index (χ1v) is 12.4. The van der Waals surface area contributed by atoms with Crippen molar-refractivity contribution in [1.29, 1.82) is 0 Å². The van der Waals surface area contributed by atoms with Crippen LogP contribution in [0.2, 0.25) is 0 Å². The smallest absolute Gasteiger partial charge is 0.225 e. The number of hydrogen-bond donors (Lipinski definition) is 0. The lowest BCUT2D eigenvalue weighted by atomic mass is 9.95.